The van der Waals surface area contributed by atoms with E-state index in [0.29, 0.717) is 0 Å². The van der Waals surface area contributed by atoms with E-state index < -0.39 is 0 Å². The second kappa shape index (κ2) is 3.55. The van der Waals surface area contributed by atoms with Crippen LogP contribution in [0, 0.1) is 0 Å². The molecule has 0 aromatic rings. The van der Waals surface area contributed by atoms with Crippen LogP contribution in [-0.2, 0) is 0 Å². The summed E-state index contributed by atoms with van der Waals surface area (Å²) < 4.78 is 0. The van der Waals surface area contributed by atoms with Crippen LogP contribution in [0.15, 0.2) is 0 Å². The van der Waals surface area contributed by atoms with Crippen molar-refractivity contribution in [1.82, 2.24) is 0 Å². The van der Waals surface area contributed by atoms with E-state index in [1.165, 1.54) is 12.2 Å². The summed E-state index contributed by atoms with van der Waals surface area (Å²) in [7, 11) is 2.18. The molecule has 0 amide bonds. The molecule has 0 fully saturated rings. The zero-order chi connectivity index (χ0) is 7.49. The van der Waals surface area contributed by atoms with Crippen LogP contribution in [0.5, 0.6) is 0 Å². The molecule has 9 heavy (non-hydrogen) atoms. The van der Waals surface area contributed by atoms with Crippen molar-refractivity contribution >= 4 is 17.0 Å². The normalized spacial score (nSPS) is 24.4. The summed E-state index contributed by atoms with van der Waals surface area (Å²) in [5.41, 5.74) is 0. The highest BCUT2D eigenvalue weighted by molar-refractivity contribution is 8.49. The van der Waals surface area contributed by atoms with Crippen LogP contribution >= 0.6 is 9.88 Å². The molecule has 0 radical (unpaired) electrons. The van der Waals surface area contributed by atoms with Gasteiger partial charge in [0.2, 0.25) is 0 Å². The van der Waals surface area contributed by atoms with Crippen molar-refractivity contribution in [2.75, 3.05) is 12.0 Å². The van der Waals surface area contributed by atoms with E-state index in [9.17, 15) is 0 Å². The minimum Gasteiger partial charge on any atom is -0.278 e. The predicted molar refractivity (Wildman–Crippen MR) is 52.4 cm³/mol. The van der Waals surface area contributed by atoms with Crippen molar-refractivity contribution < 1.29 is 0 Å². The first-order valence-electron chi connectivity index (χ1n) is 3.74. The second-order valence-corrected chi connectivity index (χ2v) is 7.76. The first-order chi connectivity index (χ1) is 4.04. The number of hydrogen-bond donors (Lipinski definition) is 0. The summed E-state index contributed by atoms with van der Waals surface area (Å²) in [6, 6.07) is 0. The third-order valence-corrected chi connectivity index (χ3v) is 6.41. The van der Waals surface area contributed by atoms with E-state index in [1.54, 1.807) is 0 Å². The van der Waals surface area contributed by atoms with Crippen molar-refractivity contribution in [3.63, 3.8) is 0 Å². The van der Waals surface area contributed by atoms with Gasteiger partial charge in [0.25, 0.3) is 0 Å². The summed E-state index contributed by atoms with van der Waals surface area (Å²) in [5, 5.41) is 0.947. The van der Waals surface area contributed by atoms with E-state index in [0.717, 1.165) is 5.25 Å². The summed E-state index contributed by atoms with van der Waals surface area (Å²) in [6.07, 6.45) is 3.78. The maximum atomic E-state index is 2.43. The molecule has 0 heterocycles. The Bertz CT molecular complexity index is 81.0. The van der Waals surface area contributed by atoms with E-state index in [-0.39, 0.29) is 9.88 Å². The average molecular weight is 146 g/mol. The fourth-order valence-electron chi connectivity index (χ4n) is 0.736. The Morgan fingerprint density at radius 2 is 1.89 bits per heavy atom. The minimum atomic E-state index is -0.248. The molecule has 0 nitrogen and oxygen atoms in total. The zero-order valence-corrected chi connectivity index (χ0v) is 8.22. The Kier molecular flexibility index (Phi) is 3.71. The Morgan fingerprint density at radius 1 is 1.44 bits per heavy atom. The molecule has 0 rings (SSSR count). The number of rotatable bonds is 3. The molecule has 0 aromatic carbocycles. The average Bonchev–Trinajstić information content (AvgIpc) is 1.86. The highest BCUT2D eigenvalue weighted by Gasteiger charge is 2.15. The quantitative estimate of drug-likeness (QED) is 0.532. The molecule has 0 aliphatic rings. The van der Waals surface area contributed by atoms with Gasteiger partial charge in [0.15, 0.2) is 7.12 Å². The van der Waals surface area contributed by atoms with Gasteiger partial charge in [0.05, 0.1) is 0 Å². The molecule has 0 aromatic heterocycles. The summed E-state index contributed by atoms with van der Waals surface area (Å²) in [6.45, 7) is 6.97. The molecule has 2 atom stereocenters. The summed E-state index contributed by atoms with van der Waals surface area (Å²) in [5.74, 6) is 1.38. The molecular formula is C7H19BS. The maximum absolute atomic E-state index is 2.43. The lowest BCUT2D eigenvalue weighted by Gasteiger charge is -2.36. The van der Waals surface area contributed by atoms with Crippen LogP contribution in [0.1, 0.15) is 27.2 Å². The Hall–Kier alpha value is 0.415. The highest BCUT2D eigenvalue weighted by Crippen LogP contribution is 2.44. The van der Waals surface area contributed by atoms with Crippen molar-refractivity contribution in [1.29, 1.82) is 0 Å². The summed E-state index contributed by atoms with van der Waals surface area (Å²) in [4.78, 5) is 0. The third-order valence-electron chi connectivity index (χ3n) is 2.41. The van der Waals surface area contributed by atoms with Crippen LogP contribution < -0.4 is 0 Å². The lowest BCUT2D eigenvalue weighted by molar-refractivity contribution is 0.898. The lowest BCUT2D eigenvalue weighted by Crippen LogP contribution is -2.14. The molecule has 2 unspecified atom stereocenters. The summed E-state index contributed by atoms with van der Waals surface area (Å²) >= 11 is 0. The lowest BCUT2D eigenvalue weighted by atomic mass is 10.4. The van der Waals surface area contributed by atoms with Gasteiger partial charge in [-0.1, -0.05) is 20.8 Å². The van der Waals surface area contributed by atoms with Crippen LogP contribution in [0.4, 0.5) is 0 Å². The molecule has 0 bridgehead atoms. The van der Waals surface area contributed by atoms with Gasteiger partial charge in [-0.15, -0.1) is 0 Å². The monoisotopic (exact) mass is 146 g/mol. The fourth-order valence-corrected chi connectivity index (χ4v) is 2.21. The standard InChI is InChI=1S/C7H19BS/c1-5-7(3)9(4,8)6-2/h7H,5-6,8H2,1-4H3. The predicted octanol–water partition coefficient (Wildman–Crippen LogP) is 1.79. The minimum absolute atomic E-state index is 0.248. The van der Waals surface area contributed by atoms with Crippen molar-refractivity contribution in [3.05, 3.63) is 0 Å². The number of hydrogen-bond acceptors (Lipinski definition) is 0. The van der Waals surface area contributed by atoms with Gasteiger partial charge >= 0.3 is 0 Å². The molecule has 0 spiro atoms. The van der Waals surface area contributed by atoms with Gasteiger partial charge in [-0.25, -0.2) is 0 Å². The Balaban J connectivity index is 3.80. The molecule has 56 valence electrons. The molecule has 2 heteroatoms. The van der Waals surface area contributed by atoms with E-state index >= 15 is 0 Å². The van der Waals surface area contributed by atoms with Crippen LogP contribution in [0.3, 0.4) is 0 Å². The van der Waals surface area contributed by atoms with Crippen molar-refractivity contribution in [3.8, 4) is 0 Å². The fraction of sp³-hybridized carbons (Fsp3) is 1.00. The van der Waals surface area contributed by atoms with Gasteiger partial charge in [0.1, 0.15) is 0 Å². The van der Waals surface area contributed by atoms with E-state index in [4.69, 9.17) is 0 Å². The van der Waals surface area contributed by atoms with Crippen LogP contribution in [0.25, 0.3) is 0 Å². The molecule has 0 aliphatic carbocycles. The zero-order valence-electron chi connectivity index (χ0n) is 7.40. The Labute approximate surface area is 62.0 Å². The first-order valence-corrected chi connectivity index (χ1v) is 6.42. The Morgan fingerprint density at radius 3 is 2.00 bits per heavy atom. The third kappa shape index (κ3) is 2.66. The van der Waals surface area contributed by atoms with Gasteiger partial charge in [0, 0.05) is 0 Å². The molecular weight excluding hydrogens is 127 g/mol. The largest absolute Gasteiger partial charge is 0.278 e. The van der Waals surface area contributed by atoms with Gasteiger partial charge in [-0.3, -0.25) is 9.88 Å². The maximum Gasteiger partial charge on any atom is 0.153 e. The van der Waals surface area contributed by atoms with Gasteiger partial charge in [-0.05, 0) is 23.7 Å². The van der Waals surface area contributed by atoms with E-state index in [2.05, 4.69) is 34.2 Å². The first kappa shape index (κ1) is 9.41. The van der Waals surface area contributed by atoms with Crippen LogP contribution in [0.2, 0.25) is 0 Å². The van der Waals surface area contributed by atoms with Gasteiger partial charge < -0.3 is 0 Å². The van der Waals surface area contributed by atoms with Crippen LogP contribution in [-0.4, -0.2) is 24.4 Å². The smallest absolute Gasteiger partial charge is 0.153 e. The topological polar surface area (TPSA) is 0 Å². The second-order valence-electron chi connectivity index (χ2n) is 3.13. The SMILES string of the molecule is BS(C)(CC)C(C)CC. The molecule has 0 N–H and O–H groups in total. The molecule has 0 saturated carbocycles. The molecule has 0 saturated heterocycles. The molecule has 0 aliphatic heterocycles. The highest BCUT2D eigenvalue weighted by atomic mass is 32.3. The van der Waals surface area contributed by atoms with E-state index in [1.807, 2.05) is 0 Å². The van der Waals surface area contributed by atoms with Gasteiger partial charge in [-0.2, -0.15) is 0 Å². The van der Waals surface area contributed by atoms with Crippen molar-refractivity contribution in [2.24, 2.45) is 0 Å². The van der Waals surface area contributed by atoms with Crippen molar-refractivity contribution in [2.45, 2.75) is 32.4 Å².